The van der Waals surface area contributed by atoms with Crippen molar-refractivity contribution >= 4 is 27.5 Å². The van der Waals surface area contributed by atoms with Gasteiger partial charge in [0.1, 0.15) is 24.2 Å². The molecular weight excluding hydrogens is 545 g/mol. The van der Waals surface area contributed by atoms with Crippen LogP contribution in [0.3, 0.4) is 0 Å². The lowest BCUT2D eigenvalue weighted by atomic mass is 10.1. The van der Waals surface area contributed by atoms with Crippen molar-refractivity contribution in [2.75, 3.05) is 24.5 Å². The highest BCUT2D eigenvalue weighted by atomic mass is 32.2. The number of methoxy groups -OCH3 is 1. The smallest absolute Gasteiger partial charge is 0.264 e. The number of nitrogens with one attached hydrogen (secondary N) is 1. The number of sulfonamides is 1. The summed E-state index contributed by atoms with van der Waals surface area (Å²) in [5, 5.41) is 2.91. The average molecular weight is 584 g/mol. The first-order valence-corrected chi connectivity index (χ1v) is 15.1. The van der Waals surface area contributed by atoms with Crippen molar-refractivity contribution in [2.24, 2.45) is 0 Å². The summed E-state index contributed by atoms with van der Waals surface area (Å²) in [5.74, 6) is -0.936. The molecule has 0 unspecified atom stereocenters. The summed E-state index contributed by atoms with van der Waals surface area (Å²) in [6, 6.07) is 17.4. The standard InChI is InChI=1S/C31H38FN3O5S/c1-5-7-19-33-31(37)29(6-2)34(21-24-10-8-9-23(3)20-24)30(36)22-35(26-13-11-25(32)12-14-26)41(38,39)28-17-15-27(40-4)16-18-28/h8-18,20,29H,5-7,19,21-22H2,1-4H3,(H,33,37)/t29-/m0/s1. The maximum absolute atomic E-state index is 14.0. The van der Waals surface area contributed by atoms with Crippen molar-refractivity contribution in [3.05, 3.63) is 89.7 Å². The number of carbonyl (C=O) groups is 2. The van der Waals surface area contributed by atoms with Crippen LogP contribution in [0.2, 0.25) is 0 Å². The first-order valence-electron chi connectivity index (χ1n) is 13.7. The van der Waals surface area contributed by atoms with Crippen LogP contribution in [0.5, 0.6) is 5.75 Å². The lowest BCUT2D eigenvalue weighted by Crippen LogP contribution is -2.52. The second kappa shape index (κ2) is 14.6. The van der Waals surface area contributed by atoms with Gasteiger partial charge in [0.15, 0.2) is 0 Å². The summed E-state index contributed by atoms with van der Waals surface area (Å²) in [6.07, 6.45) is 2.03. The first kappa shape index (κ1) is 31.6. The molecule has 0 aromatic heterocycles. The zero-order valence-electron chi connectivity index (χ0n) is 24.0. The SMILES string of the molecule is CCCCNC(=O)[C@H](CC)N(Cc1cccc(C)c1)C(=O)CN(c1ccc(F)cc1)S(=O)(=O)c1ccc(OC)cc1. The van der Waals surface area contributed by atoms with Gasteiger partial charge >= 0.3 is 0 Å². The summed E-state index contributed by atoms with van der Waals surface area (Å²) in [7, 11) is -2.79. The number of carbonyl (C=O) groups excluding carboxylic acids is 2. The number of aryl methyl sites for hydroxylation is 1. The molecule has 0 heterocycles. The van der Waals surface area contributed by atoms with E-state index >= 15 is 0 Å². The maximum atomic E-state index is 14.0. The number of rotatable bonds is 14. The van der Waals surface area contributed by atoms with E-state index in [-0.39, 0.29) is 23.0 Å². The lowest BCUT2D eigenvalue weighted by molar-refractivity contribution is -0.140. The zero-order chi connectivity index (χ0) is 30.0. The third kappa shape index (κ3) is 8.29. The van der Waals surface area contributed by atoms with Crippen LogP contribution in [0.1, 0.15) is 44.2 Å². The number of nitrogens with zero attached hydrogens (tertiary/aromatic N) is 2. The van der Waals surface area contributed by atoms with E-state index in [1.807, 2.05) is 45.0 Å². The lowest BCUT2D eigenvalue weighted by Gasteiger charge is -2.33. The van der Waals surface area contributed by atoms with Crippen LogP contribution in [0.25, 0.3) is 0 Å². The van der Waals surface area contributed by atoms with Gasteiger partial charge in [0.05, 0.1) is 17.7 Å². The fourth-order valence-electron chi connectivity index (χ4n) is 4.44. The van der Waals surface area contributed by atoms with Gasteiger partial charge in [0.25, 0.3) is 10.0 Å². The Bertz CT molecular complexity index is 1410. The molecule has 1 N–H and O–H groups in total. The molecule has 0 spiro atoms. The van der Waals surface area contributed by atoms with Crippen LogP contribution in [0, 0.1) is 12.7 Å². The number of halogens is 1. The molecule has 0 aliphatic heterocycles. The second-order valence-corrected chi connectivity index (χ2v) is 11.6. The maximum Gasteiger partial charge on any atom is 0.264 e. The quantitative estimate of drug-likeness (QED) is 0.268. The van der Waals surface area contributed by atoms with E-state index in [1.54, 1.807) is 0 Å². The first-order chi connectivity index (χ1) is 19.6. The summed E-state index contributed by atoms with van der Waals surface area (Å²) < 4.78 is 47.6. The second-order valence-electron chi connectivity index (χ2n) is 9.74. The zero-order valence-corrected chi connectivity index (χ0v) is 24.8. The molecule has 0 fully saturated rings. The van der Waals surface area contributed by atoms with Gasteiger partial charge in [0, 0.05) is 13.1 Å². The van der Waals surface area contributed by atoms with Crippen LogP contribution < -0.4 is 14.4 Å². The number of hydrogen-bond acceptors (Lipinski definition) is 5. The van der Waals surface area contributed by atoms with Crippen molar-refractivity contribution in [3.63, 3.8) is 0 Å². The molecule has 0 aliphatic carbocycles. The molecule has 3 aromatic carbocycles. The highest BCUT2D eigenvalue weighted by molar-refractivity contribution is 7.92. The Balaban J connectivity index is 2.03. The fraction of sp³-hybridized carbons (Fsp3) is 0.355. The average Bonchev–Trinajstić information content (AvgIpc) is 2.96. The number of ether oxygens (including phenoxy) is 1. The molecule has 3 aromatic rings. The van der Waals surface area contributed by atoms with E-state index in [4.69, 9.17) is 4.74 Å². The van der Waals surface area contributed by atoms with E-state index in [2.05, 4.69) is 5.32 Å². The van der Waals surface area contributed by atoms with E-state index in [0.717, 1.165) is 40.4 Å². The fourth-order valence-corrected chi connectivity index (χ4v) is 5.86. The number of amides is 2. The predicted octanol–water partition coefficient (Wildman–Crippen LogP) is 5.06. The van der Waals surface area contributed by atoms with Crippen LogP contribution in [0.15, 0.2) is 77.7 Å². The van der Waals surface area contributed by atoms with Gasteiger partial charge in [-0.25, -0.2) is 12.8 Å². The van der Waals surface area contributed by atoms with Crippen molar-refractivity contribution in [1.82, 2.24) is 10.2 Å². The number of unbranched alkanes of at least 4 members (excludes halogenated alkanes) is 1. The Morgan fingerprint density at radius 2 is 1.68 bits per heavy atom. The van der Waals surface area contributed by atoms with Gasteiger partial charge in [-0.1, -0.05) is 50.1 Å². The summed E-state index contributed by atoms with van der Waals surface area (Å²) in [6.45, 7) is 5.76. The Kier molecular flexibility index (Phi) is 11.3. The molecule has 0 saturated carbocycles. The Morgan fingerprint density at radius 1 is 1.00 bits per heavy atom. The molecule has 41 heavy (non-hydrogen) atoms. The summed E-state index contributed by atoms with van der Waals surface area (Å²) >= 11 is 0. The predicted molar refractivity (Wildman–Crippen MR) is 158 cm³/mol. The number of hydrogen-bond donors (Lipinski definition) is 1. The third-order valence-electron chi connectivity index (χ3n) is 6.69. The van der Waals surface area contributed by atoms with Crippen LogP contribution in [-0.2, 0) is 26.2 Å². The highest BCUT2D eigenvalue weighted by Crippen LogP contribution is 2.26. The number of benzene rings is 3. The van der Waals surface area contributed by atoms with E-state index < -0.39 is 34.3 Å². The van der Waals surface area contributed by atoms with Crippen LogP contribution >= 0.6 is 0 Å². The molecule has 0 saturated heterocycles. The Labute approximate surface area is 242 Å². The summed E-state index contributed by atoms with van der Waals surface area (Å²) in [5.41, 5.74) is 1.92. The van der Waals surface area contributed by atoms with Crippen molar-refractivity contribution in [3.8, 4) is 5.75 Å². The molecule has 0 radical (unpaired) electrons. The number of anilines is 1. The van der Waals surface area contributed by atoms with Gasteiger partial charge < -0.3 is 15.0 Å². The van der Waals surface area contributed by atoms with Crippen molar-refractivity contribution in [1.29, 1.82) is 0 Å². The molecule has 2 amide bonds. The van der Waals surface area contributed by atoms with Crippen molar-refractivity contribution in [2.45, 2.75) is 57.5 Å². The van der Waals surface area contributed by atoms with E-state index in [0.29, 0.717) is 18.7 Å². The molecule has 0 bridgehead atoms. The molecule has 0 aliphatic rings. The van der Waals surface area contributed by atoms with E-state index in [9.17, 15) is 22.4 Å². The van der Waals surface area contributed by atoms with Crippen LogP contribution in [0.4, 0.5) is 10.1 Å². The molecule has 220 valence electrons. The van der Waals surface area contributed by atoms with Gasteiger partial charge in [0.2, 0.25) is 11.8 Å². The van der Waals surface area contributed by atoms with E-state index in [1.165, 1.54) is 48.4 Å². The van der Waals surface area contributed by atoms with Crippen LogP contribution in [-0.4, -0.2) is 51.4 Å². The van der Waals surface area contributed by atoms with Gasteiger partial charge in [-0.05, 0) is 73.9 Å². The topological polar surface area (TPSA) is 96.0 Å². The molecule has 3 rings (SSSR count). The van der Waals surface area contributed by atoms with Gasteiger partial charge in [-0.2, -0.15) is 0 Å². The summed E-state index contributed by atoms with van der Waals surface area (Å²) in [4.78, 5) is 28.6. The highest BCUT2D eigenvalue weighted by Gasteiger charge is 2.33. The Morgan fingerprint density at radius 3 is 2.27 bits per heavy atom. The molecular formula is C31H38FN3O5S. The van der Waals surface area contributed by atoms with Gasteiger partial charge in [-0.15, -0.1) is 0 Å². The Hall–Kier alpha value is -3.92. The third-order valence-corrected chi connectivity index (χ3v) is 8.48. The molecule has 10 heteroatoms. The minimum absolute atomic E-state index is 0.0648. The minimum atomic E-state index is -4.26. The monoisotopic (exact) mass is 583 g/mol. The molecule has 1 atom stereocenters. The normalized spacial score (nSPS) is 11.9. The van der Waals surface area contributed by atoms with Crippen molar-refractivity contribution < 1.29 is 27.1 Å². The molecule has 8 nitrogen and oxygen atoms in total. The van der Waals surface area contributed by atoms with Gasteiger partial charge in [-0.3, -0.25) is 13.9 Å². The minimum Gasteiger partial charge on any atom is -0.497 e. The largest absolute Gasteiger partial charge is 0.497 e.